The van der Waals surface area contributed by atoms with Gasteiger partial charge in [0, 0.05) is 6.54 Å². The normalized spacial score (nSPS) is 11.1. The van der Waals surface area contributed by atoms with Crippen LogP contribution in [0.4, 0.5) is 0 Å². The number of nitrogens with one attached hydrogen (secondary N) is 1. The first-order valence-electron chi connectivity index (χ1n) is 4.91. The highest BCUT2D eigenvalue weighted by molar-refractivity contribution is 7.89. The van der Waals surface area contributed by atoms with E-state index in [1.165, 1.54) is 18.2 Å². The van der Waals surface area contributed by atoms with Gasteiger partial charge >= 0.3 is 0 Å². The molecule has 7 heteroatoms. The van der Waals surface area contributed by atoms with Gasteiger partial charge in [-0.05, 0) is 25.1 Å². The zero-order valence-corrected chi connectivity index (χ0v) is 10.6. The number of halogens is 1. The van der Waals surface area contributed by atoms with Crippen molar-refractivity contribution in [2.45, 2.75) is 11.3 Å². The predicted molar refractivity (Wildman–Crippen MR) is 65.0 cm³/mol. The Hall–Kier alpha value is -1.13. The van der Waals surface area contributed by atoms with E-state index in [0.717, 1.165) is 0 Å². The second kappa shape index (κ2) is 5.98. The highest BCUT2D eigenvalue weighted by Gasteiger charge is 2.19. The van der Waals surface area contributed by atoms with E-state index < -0.39 is 10.0 Å². The third kappa shape index (κ3) is 3.41. The molecule has 0 unspecified atom stereocenters. The number of sulfonamides is 1. The predicted octanol–water partition coefficient (Wildman–Crippen LogP) is 0.839. The molecule has 1 rings (SSSR count). The third-order valence-corrected chi connectivity index (χ3v) is 3.87. The molecule has 0 atom stereocenters. The van der Waals surface area contributed by atoms with E-state index in [-0.39, 0.29) is 22.0 Å². The van der Waals surface area contributed by atoms with E-state index >= 15 is 0 Å². The van der Waals surface area contributed by atoms with E-state index in [1.807, 2.05) is 0 Å². The molecular formula is C10H12ClN3O2S. The van der Waals surface area contributed by atoms with Gasteiger partial charge in [-0.15, -0.1) is 0 Å². The summed E-state index contributed by atoms with van der Waals surface area (Å²) in [6.45, 7) is 0.624. The molecule has 0 aliphatic carbocycles. The van der Waals surface area contributed by atoms with Crippen LogP contribution in [0, 0.1) is 11.3 Å². The molecule has 0 heterocycles. The summed E-state index contributed by atoms with van der Waals surface area (Å²) in [5.74, 6) is 0. The Balaban J connectivity index is 3.08. The van der Waals surface area contributed by atoms with Gasteiger partial charge in [0.2, 0.25) is 10.0 Å². The fraction of sp³-hybridized carbons (Fsp3) is 0.300. The van der Waals surface area contributed by atoms with Crippen molar-refractivity contribution in [1.29, 1.82) is 5.26 Å². The Bertz CT molecular complexity index is 537. The van der Waals surface area contributed by atoms with Gasteiger partial charge < -0.3 is 5.73 Å². The SMILES string of the molecule is N#Cc1c(Cl)cccc1S(=O)(=O)NCCCN. The number of nitrogens with zero attached hydrogens (tertiary/aromatic N) is 1. The van der Waals surface area contributed by atoms with Crippen LogP contribution in [-0.2, 0) is 10.0 Å². The van der Waals surface area contributed by atoms with Crippen LogP contribution in [0.1, 0.15) is 12.0 Å². The molecule has 0 spiro atoms. The second-order valence-corrected chi connectivity index (χ2v) is 5.41. The van der Waals surface area contributed by atoms with Crippen LogP contribution < -0.4 is 10.5 Å². The van der Waals surface area contributed by atoms with Crippen LogP contribution in [0.5, 0.6) is 0 Å². The Morgan fingerprint density at radius 2 is 2.18 bits per heavy atom. The molecule has 17 heavy (non-hydrogen) atoms. The van der Waals surface area contributed by atoms with Crippen molar-refractivity contribution in [3.05, 3.63) is 28.8 Å². The van der Waals surface area contributed by atoms with E-state index in [4.69, 9.17) is 22.6 Å². The van der Waals surface area contributed by atoms with Crippen molar-refractivity contribution in [2.75, 3.05) is 13.1 Å². The standard InChI is InChI=1S/C10H12ClN3O2S/c11-9-3-1-4-10(8(9)7-13)17(15,16)14-6-2-5-12/h1,3-4,14H,2,5-6,12H2. The van der Waals surface area contributed by atoms with Crippen molar-refractivity contribution in [3.63, 3.8) is 0 Å². The van der Waals surface area contributed by atoms with Gasteiger partial charge in [-0.25, -0.2) is 13.1 Å². The summed E-state index contributed by atoms with van der Waals surface area (Å²) < 4.78 is 26.1. The summed E-state index contributed by atoms with van der Waals surface area (Å²) >= 11 is 5.76. The van der Waals surface area contributed by atoms with Crippen molar-refractivity contribution >= 4 is 21.6 Å². The summed E-state index contributed by atoms with van der Waals surface area (Å²) in [5, 5.41) is 9.01. The van der Waals surface area contributed by atoms with Crippen molar-refractivity contribution in [2.24, 2.45) is 5.73 Å². The van der Waals surface area contributed by atoms with Crippen LogP contribution in [0.25, 0.3) is 0 Å². The number of nitrogens with two attached hydrogens (primary N) is 1. The molecule has 5 nitrogen and oxygen atoms in total. The van der Waals surface area contributed by atoms with Crippen LogP contribution in [0.15, 0.2) is 23.1 Å². The van der Waals surface area contributed by atoms with Gasteiger partial charge in [-0.1, -0.05) is 17.7 Å². The molecule has 1 aromatic carbocycles. The highest BCUT2D eigenvalue weighted by Crippen LogP contribution is 2.22. The molecule has 0 fully saturated rings. The summed E-state index contributed by atoms with van der Waals surface area (Å²) in [6.07, 6.45) is 0.529. The molecule has 0 aliphatic heterocycles. The zero-order valence-electron chi connectivity index (χ0n) is 8.98. The molecule has 0 saturated carbocycles. The smallest absolute Gasteiger partial charge is 0.241 e. The van der Waals surface area contributed by atoms with Gasteiger partial charge in [-0.2, -0.15) is 5.26 Å². The second-order valence-electron chi connectivity index (χ2n) is 3.26. The Morgan fingerprint density at radius 1 is 1.47 bits per heavy atom. The van der Waals surface area contributed by atoms with Crippen molar-refractivity contribution in [1.82, 2.24) is 4.72 Å². The minimum atomic E-state index is -3.71. The van der Waals surface area contributed by atoms with Crippen LogP contribution in [-0.4, -0.2) is 21.5 Å². The average molecular weight is 274 g/mol. The van der Waals surface area contributed by atoms with E-state index in [9.17, 15) is 8.42 Å². The Labute approximate surface area is 105 Å². The molecular weight excluding hydrogens is 262 g/mol. The summed E-state index contributed by atoms with van der Waals surface area (Å²) in [7, 11) is -3.71. The van der Waals surface area contributed by atoms with E-state index in [1.54, 1.807) is 6.07 Å². The molecule has 3 N–H and O–H groups in total. The first kappa shape index (κ1) is 13.9. The third-order valence-electron chi connectivity index (χ3n) is 2.05. The van der Waals surface area contributed by atoms with Gasteiger partial charge in [0.25, 0.3) is 0 Å². The first-order valence-corrected chi connectivity index (χ1v) is 6.77. The Morgan fingerprint density at radius 3 is 2.76 bits per heavy atom. The number of hydrogen-bond donors (Lipinski definition) is 2. The lowest BCUT2D eigenvalue weighted by atomic mass is 10.2. The molecule has 92 valence electrons. The lowest BCUT2D eigenvalue weighted by Crippen LogP contribution is -2.26. The van der Waals surface area contributed by atoms with Crippen molar-refractivity contribution in [3.8, 4) is 6.07 Å². The van der Waals surface area contributed by atoms with Gasteiger partial charge in [0.15, 0.2) is 0 Å². The molecule has 0 amide bonds. The molecule has 0 bridgehead atoms. The molecule has 0 aliphatic rings. The lowest BCUT2D eigenvalue weighted by molar-refractivity contribution is 0.579. The zero-order chi connectivity index (χ0) is 12.9. The Kier molecular flexibility index (Phi) is 4.90. The minimum absolute atomic E-state index is 0.0468. The summed E-state index contributed by atoms with van der Waals surface area (Å²) in [6, 6.07) is 6.09. The average Bonchev–Trinajstić information content (AvgIpc) is 2.29. The fourth-order valence-corrected chi connectivity index (χ4v) is 2.75. The number of benzene rings is 1. The van der Waals surface area contributed by atoms with Crippen LogP contribution in [0.2, 0.25) is 5.02 Å². The highest BCUT2D eigenvalue weighted by atomic mass is 35.5. The van der Waals surface area contributed by atoms with E-state index in [0.29, 0.717) is 13.0 Å². The molecule has 1 aromatic rings. The largest absolute Gasteiger partial charge is 0.330 e. The minimum Gasteiger partial charge on any atom is -0.330 e. The molecule has 0 aromatic heterocycles. The van der Waals surface area contributed by atoms with Crippen LogP contribution >= 0.6 is 11.6 Å². The van der Waals surface area contributed by atoms with Gasteiger partial charge in [0.1, 0.15) is 11.0 Å². The van der Waals surface area contributed by atoms with Gasteiger partial charge in [0.05, 0.1) is 10.6 Å². The summed E-state index contributed by atoms with van der Waals surface area (Å²) in [5.41, 5.74) is 5.22. The van der Waals surface area contributed by atoms with E-state index in [2.05, 4.69) is 4.72 Å². The first-order chi connectivity index (χ1) is 8.03. The van der Waals surface area contributed by atoms with Crippen LogP contribution in [0.3, 0.4) is 0 Å². The number of hydrogen-bond acceptors (Lipinski definition) is 4. The molecule has 0 saturated heterocycles. The molecule has 0 radical (unpaired) electrons. The summed E-state index contributed by atoms with van der Waals surface area (Å²) in [4.78, 5) is -0.107. The van der Waals surface area contributed by atoms with Gasteiger partial charge in [-0.3, -0.25) is 0 Å². The lowest BCUT2D eigenvalue weighted by Gasteiger charge is -2.08. The maximum absolute atomic E-state index is 11.9. The fourth-order valence-electron chi connectivity index (χ4n) is 1.22. The maximum Gasteiger partial charge on any atom is 0.241 e. The maximum atomic E-state index is 11.9. The number of rotatable bonds is 5. The van der Waals surface area contributed by atoms with Crippen molar-refractivity contribution < 1.29 is 8.42 Å². The number of nitriles is 1. The topological polar surface area (TPSA) is 96.0 Å². The monoisotopic (exact) mass is 273 g/mol. The quantitative estimate of drug-likeness (QED) is 0.777.